The fraction of sp³-hybridized carbons (Fsp3) is 0.500. The van der Waals surface area contributed by atoms with Gasteiger partial charge < -0.3 is 9.84 Å². The van der Waals surface area contributed by atoms with Gasteiger partial charge in [0.25, 0.3) is 0 Å². The van der Waals surface area contributed by atoms with Crippen LogP contribution in [-0.4, -0.2) is 12.2 Å². The molecule has 0 bridgehead atoms. The van der Waals surface area contributed by atoms with Crippen LogP contribution in [0.25, 0.3) is 0 Å². The van der Waals surface area contributed by atoms with E-state index >= 15 is 0 Å². The van der Waals surface area contributed by atoms with Crippen molar-refractivity contribution in [3.05, 3.63) is 35.4 Å². The van der Waals surface area contributed by atoms with Crippen LogP contribution >= 0.6 is 0 Å². The molecule has 1 fully saturated rings. The molecule has 1 atom stereocenters. The van der Waals surface area contributed by atoms with Crippen LogP contribution in [-0.2, 0) is 11.3 Å². The third kappa shape index (κ3) is 2.14. The van der Waals surface area contributed by atoms with Gasteiger partial charge in [-0.25, -0.2) is 0 Å². The Morgan fingerprint density at radius 3 is 2.50 bits per heavy atom. The molecule has 1 aromatic carbocycles. The summed E-state index contributed by atoms with van der Waals surface area (Å²) in [7, 11) is 1.69. The number of ether oxygens (including phenoxy) is 1. The van der Waals surface area contributed by atoms with Crippen molar-refractivity contribution in [2.45, 2.75) is 25.6 Å². The van der Waals surface area contributed by atoms with Crippen LogP contribution in [0.4, 0.5) is 0 Å². The lowest BCUT2D eigenvalue weighted by molar-refractivity contribution is 0.153. The Kier molecular flexibility index (Phi) is 2.85. The summed E-state index contributed by atoms with van der Waals surface area (Å²) in [6.07, 6.45) is 2.08. The number of aliphatic hydroxyl groups excluding tert-OH is 1. The second-order valence-electron chi connectivity index (χ2n) is 3.96. The molecule has 76 valence electrons. The first-order valence-electron chi connectivity index (χ1n) is 5.07. The van der Waals surface area contributed by atoms with E-state index in [9.17, 15) is 5.11 Å². The molecule has 1 N–H and O–H groups in total. The Morgan fingerprint density at radius 1 is 1.36 bits per heavy atom. The van der Waals surface area contributed by atoms with Gasteiger partial charge in [0.2, 0.25) is 0 Å². The molecule has 2 nitrogen and oxygen atoms in total. The molecular formula is C12H16O2. The maximum atomic E-state index is 9.85. The summed E-state index contributed by atoms with van der Waals surface area (Å²) in [4.78, 5) is 0. The predicted molar refractivity (Wildman–Crippen MR) is 54.8 cm³/mol. The summed E-state index contributed by atoms with van der Waals surface area (Å²) in [5.74, 6) is 0.503. The van der Waals surface area contributed by atoms with Crippen LogP contribution in [0.2, 0.25) is 0 Å². The topological polar surface area (TPSA) is 29.5 Å². The monoisotopic (exact) mass is 192 g/mol. The van der Waals surface area contributed by atoms with Crippen LogP contribution in [0.15, 0.2) is 24.3 Å². The Balaban J connectivity index is 2.04. The van der Waals surface area contributed by atoms with E-state index in [1.807, 2.05) is 24.3 Å². The van der Waals surface area contributed by atoms with Gasteiger partial charge in [-0.15, -0.1) is 0 Å². The van der Waals surface area contributed by atoms with Gasteiger partial charge in [0.15, 0.2) is 0 Å². The summed E-state index contributed by atoms with van der Waals surface area (Å²) >= 11 is 0. The molecule has 1 aromatic rings. The zero-order valence-electron chi connectivity index (χ0n) is 8.44. The maximum absolute atomic E-state index is 9.85. The largest absolute Gasteiger partial charge is 0.388 e. The van der Waals surface area contributed by atoms with Gasteiger partial charge in [0.1, 0.15) is 0 Å². The van der Waals surface area contributed by atoms with Crippen molar-refractivity contribution in [1.29, 1.82) is 0 Å². The number of benzene rings is 1. The van der Waals surface area contributed by atoms with Crippen molar-refractivity contribution in [2.75, 3.05) is 7.11 Å². The highest BCUT2D eigenvalue weighted by atomic mass is 16.5. The van der Waals surface area contributed by atoms with E-state index in [4.69, 9.17) is 4.74 Å². The standard InChI is InChI=1S/C12H16O2/c1-14-8-9-2-4-10(5-3-9)12(13)11-6-7-11/h2-5,11-13H,6-8H2,1H3. The quantitative estimate of drug-likeness (QED) is 0.793. The molecule has 0 saturated heterocycles. The average molecular weight is 192 g/mol. The van der Waals surface area contributed by atoms with E-state index in [2.05, 4.69) is 0 Å². The molecule has 0 spiro atoms. The van der Waals surface area contributed by atoms with Crippen LogP contribution in [0.1, 0.15) is 30.1 Å². The highest BCUT2D eigenvalue weighted by Gasteiger charge is 2.30. The van der Waals surface area contributed by atoms with Gasteiger partial charge >= 0.3 is 0 Å². The molecule has 2 rings (SSSR count). The van der Waals surface area contributed by atoms with Gasteiger partial charge in [-0.2, -0.15) is 0 Å². The number of hydrogen-bond acceptors (Lipinski definition) is 2. The zero-order chi connectivity index (χ0) is 9.97. The summed E-state index contributed by atoms with van der Waals surface area (Å²) in [6, 6.07) is 8.03. The number of aliphatic hydroxyl groups is 1. The smallest absolute Gasteiger partial charge is 0.0818 e. The van der Waals surface area contributed by atoms with Crippen LogP contribution in [0.3, 0.4) is 0 Å². The Morgan fingerprint density at radius 2 is 2.00 bits per heavy atom. The molecule has 1 aliphatic carbocycles. The number of rotatable bonds is 4. The second-order valence-corrected chi connectivity index (χ2v) is 3.96. The molecule has 0 aliphatic heterocycles. The van der Waals surface area contributed by atoms with E-state index in [-0.39, 0.29) is 6.10 Å². The van der Waals surface area contributed by atoms with E-state index in [1.165, 1.54) is 12.8 Å². The Hall–Kier alpha value is -0.860. The second kappa shape index (κ2) is 4.11. The van der Waals surface area contributed by atoms with Crippen molar-refractivity contribution >= 4 is 0 Å². The first-order valence-corrected chi connectivity index (χ1v) is 5.07. The van der Waals surface area contributed by atoms with Crippen molar-refractivity contribution in [1.82, 2.24) is 0 Å². The first kappa shape index (κ1) is 9.69. The molecule has 1 aliphatic rings. The molecule has 2 heteroatoms. The Labute approximate surface area is 84.5 Å². The molecule has 1 saturated carbocycles. The third-order valence-electron chi connectivity index (χ3n) is 2.70. The lowest BCUT2D eigenvalue weighted by atomic mass is 10.0. The SMILES string of the molecule is COCc1ccc(C(O)C2CC2)cc1. The fourth-order valence-electron chi connectivity index (χ4n) is 1.66. The van der Waals surface area contributed by atoms with Crippen LogP contribution in [0, 0.1) is 5.92 Å². The minimum Gasteiger partial charge on any atom is -0.388 e. The molecule has 0 radical (unpaired) electrons. The predicted octanol–water partition coefficient (Wildman–Crippen LogP) is 2.28. The lowest BCUT2D eigenvalue weighted by Gasteiger charge is -2.09. The zero-order valence-corrected chi connectivity index (χ0v) is 8.44. The normalized spacial score (nSPS) is 18.1. The molecule has 1 unspecified atom stereocenters. The summed E-state index contributed by atoms with van der Waals surface area (Å²) in [5, 5.41) is 9.85. The highest BCUT2D eigenvalue weighted by Crippen LogP contribution is 2.40. The van der Waals surface area contributed by atoms with E-state index in [0.29, 0.717) is 12.5 Å². The van der Waals surface area contributed by atoms with Gasteiger partial charge in [-0.05, 0) is 29.9 Å². The van der Waals surface area contributed by atoms with Gasteiger partial charge in [0.05, 0.1) is 12.7 Å². The average Bonchev–Trinajstić information content (AvgIpc) is 3.02. The molecule has 0 aromatic heterocycles. The minimum atomic E-state index is -0.258. The summed E-state index contributed by atoms with van der Waals surface area (Å²) in [6.45, 7) is 0.639. The third-order valence-corrected chi connectivity index (χ3v) is 2.70. The lowest BCUT2D eigenvalue weighted by Crippen LogP contribution is -1.99. The first-order chi connectivity index (χ1) is 6.81. The van der Waals surface area contributed by atoms with Crippen LogP contribution in [0.5, 0.6) is 0 Å². The molecule has 14 heavy (non-hydrogen) atoms. The van der Waals surface area contributed by atoms with E-state index in [0.717, 1.165) is 11.1 Å². The van der Waals surface area contributed by atoms with Gasteiger partial charge in [-0.1, -0.05) is 24.3 Å². The van der Waals surface area contributed by atoms with Crippen molar-refractivity contribution in [3.8, 4) is 0 Å². The maximum Gasteiger partial charge on any atom is 0.0818 e. The Bertz CT molecular complexity index is 288. The van der Waals surface area contributed by atoms with Gasteiger partial charge in [0, 0.05) is 7.11 Å². The minimum absolute atomic E-state index is 0.258. The van der Waals surface area contributed by atoms with Gasteiger partial charge in [-0.3, -0.25) is 0 Å². The van der Waals surface area contributed by atoms with Crippen molar-refractivity contribution < 1.29 is 9.84 Å². The molecule has 0 amide bonds. The van der Waals surface area contributed by atoms with Crippen molar-refractivity contribution in [2.24, 2.45) is 5.92 Å². The summed E-state index contributed by atoms with van der Waals surface area (Å²) < 4.78 is 5.03. The van der Waals surface area contributed by atoms with Crippen LogP contribution < -0.4 is 0 Å². The molecule has 0 heterocycles. The highest BCUT2D eigenvalue weighted by molar-refractivity contribution is 5.24. The molecular weight excluding hydrogens is 176 g/mol. The van der Waals surface area contributed by atoms with E-state index in [1.54, 1.807) is 7.11 Å². The fourth-order valence-corrected chi connectivity index (χ4v) is 1.66. The number of hydrogen-bond donors (Lipinski definition) is 1. The number of methoxy groups -OCH3 is 1. The van der Waals surface area contributed by atoms with E-state index < -0.39 is 0 Å². The summed E-state index contributed by atoms with van der Waals surface area (Å²) in [5.41, 5.74) is 2.19. The van der Waals surface area contributed by atoms with Crippen molar-refractivity contribution in [3.63, 3.8) is 0 Å².